The van der Waals surface area contributed by atoms with Crippen molar-refractivity contribution in [3.05, 3.63) is 125 Å². The summed E-state index contributed by atoms with van der Waals surface area (Å²) >= 11 is 0. The molecule has 6 heterocycles. The summed E-state index contributed by atoms with van der Waals surface area (Å²) in [6.07, 6.45) is 6.73. The molecule has 10 atom stereocenters. The molecule has 12 rings (SSSR count). The molecule has 2 aromatic heterocycles. The average Bonchev–Trinajstić information content (AvgIpc) is 3.73. The Balaban J connectivity index is 0.939. The van der Waals surface area contributed by atoms with E-state index in [0.717, 1.165) is 88.0 Å². The molecule has 352 valence electrons. The van der Waals surface area contributed by atoms with Gasteiger partial charge in [-0.05, 0) is 136 Å². The Morgan fingerprint density at radius 1 is 0.794 bits per heavy atom. The molecule has 68 heavy (non-hydrogen) atoms. The average molecular weight is 916 g/mol. The van der Waals surface area contributed by atoms with Crippen LogP contribution < -0.4 is 10.1 Å². The smallest absolute Gasteiger partial charge is 0.312 e. The van der Waals surface area contributed by atoms with Gasteiger partial charge in [0.1, 0.15) is 11.9 Å². The van der Waals surface area contributed by atoms with Crippen LogP contribution in [0.2, 0.25) is 0 Å². The predicted molar refractivity (Wildman–Crippen MR) is 257 cm³/mol. The molecule has 0 spiro atoms. The van der Waals surface area contributed by atoms with Crippen LogP contribution in [0.5, 0.6) is 5.75 Å². The van der Waals surface area contributed by atoms with Crippen LogP contribution in [0.4, 0.5) is 0 Å². The molecular formula is C56H61N5O7. The second-order valence-electron chi connectivity index (χ2n) is 20.3. The van der Waals surface area contributed by atoms with E-state index in [1.807, 2.05) is 4.90 Å². The highest BCUT2D eigenvalue weighted by atomic mass is 16.5. The van der Waals surface area contributed by atoms with Gasteiger partial charge in [-0.25, -0.2) is 0 Å². The van der Waals surface area contributed by atoms with Crippen molar-refractivity contribution >= 4 is 27.8 Å². The standard InChI is InChI=1S/C56H61N5O7/c1-65-56(64)53-42-26-52-55-40(38-10-4-7-13-47(38)60(55)45-11-5-2-8-35(45)31-67-52)21-23-59(32-57)28-34(42)15-19-50(53)68-37-16-17-48-43(24-37)39-20-22-58-27-33-14-18-49(63)44(29-62)41(33)25-51-54(39)61(48)46-12-6-3-9-36(46)30-66-51/h2-13,16-17,24,33-34,41-42,44,49-53,58,62-63H,14-15,18-23,25-31H2,1H3/t33-,34-,41?,42?,44+,49-,50-,51?,52?,53+/m0/s1. The van der Waals surface area contributed by atoms with Gasteiger partial charge in [0.25, 0.3) is 0 Å². The molecule has 4 aliphatic heterocycles. The Labute approximate surface area is 397 Å². The van der Waals surface area contributed by atoms with Gasteiger partial charge >= 0.3 is 5.97 Å². The first-order valence-electron chi connectivity index (χ1n) is 25.0. The molecule has 6 aromatic rings. The van der Waals surface area contributed by atoms with E-state index in [1.54, 1.807) is 0 Å². The Bertz CT molecular complexity index is 2920. The van der Waals surface area contributed by atoms with E-state index in [0.29, 0.717) is 70.1 Å². The fraction of sp³-hybridized carbons (Fsp3) is 0.464. The van der Waals surface area contributed by atoms with Crippen molar-refractivity contribution in [1.29, 1.82) is 5.26 Å². The zero-order valence-electron chi connectivity index (χ0n) is 38.8. The number of methoxy groups -OCH3 is 1. The Kier molecular flexibility index (Phi) is 11.5. The van der Waals surface area contributed by atoms with E-state index < -0.39 is 18.1 Å². The number of nitrogens with zero attached hydrogens (tertiary/aromatic N) is 4. The topological polar surface area (TPSA) is 143 Å². The molecule has 6 aliphatic rings. The highest BCUT2D eigenvalue weighted by molar-refractivity contribution is 5.90. The lowest BCUT2D eigenvalue weighted by atomic mass is 9.67. The first-order valence-corrected chi connectivity index (χ1v) is 25.0. The number of nitrogens with one attached hydrogen (secondary N) is 1. The van der Waals surface area contributed by atoms with Gasteiger partial charge in [0.2, 0.25) is 0 Å². The molecule has 3 N–H and O–H groups in total. The quantitative estimate of drug-likeness (QED) is 0.117. The number of rotatable bonds is 4. The summed E-state index contributed by atoms with van der Waals surface area (Å²) in [5.41, 5.74) is 11.2. The summed E-state index contributed by atoms with van der Waals surface area (Å²) in [7, 11) is 1.48. The minimum Gasteiger partial charge on any atom is -0.490 e. The molecule has 0 bridgehead atoms. The van der Waals surface area contributed by atoms with Gasteiger partial charge in [0.05, 0.1) is 78.3 Å². The van der Waals surface area contributed by atoms with E-state index in [1.165, 1.54) is 18.2 Å². The second-order valence-corrected chi connectivity index (χ2v) is 20.3. The number of benzene rings is 4. The van der Waals surface area contributed by atoms with Gasteiger partial charge in [-0.3, -0.25) is 4.79 Å². The number of aliphatic hydroxyl groups excluding tert-OH is 2. The number of carbonyl (C=O) groups excluding carboxylic acids is 1. The van der Waals surface area contributed by atoms with Crippen LogP contribution in [0.25, 0.3) is 33.2 Å². The van der Waals surface area contributed by atoms with Crippen molar-refractivity contribution < 1.29 is 34.0 Å². The van der Waals surface area contributed by atoms with Gasteiger partial charge in [-0.2, -0.15) is 5.26 Å². The van der Waals surface area contributed by atoms with Crippen LogP contribution in [0.15, 0.2) is 91.0 Å². The molecule has 0 saturated heterocycles. The number of esters is 1. The summed E-state index contributed by atoms with van der Waals surface area (Å²) in [4.78, 5) is 16.4. The molecule has 12 nitrogen and oxygen atoms in total. The number of para-hydroxylation sites is 3. The van der Waals surface area contributed by atoms with Crippen LogP contribution in [-0.2, 0) is 45.1 Å². The van der Waals surface area contributed by atoms with Gasteiger partial charge in [0, 0.05) is 47.5 Å². The van der Waals surface area contributed by atoms with Crippen molar-refractivity contribution in [3.8, 4) is 23.3 Å². The molecular weight excluding hydrogens is 855 g/mol. The van der Waals surface area contributed by atoms with Crippen molar-refractivity contribution in [2.75, 3.05) is 39.9 Å². The first-order chi connectivity index (χ1) is 33.4. The van der Waals surface area contributed by atoms with Crippen LogP contribution in [0.3, 0.4) is 0 Å². The largest absolute Gasteiger partial charge is 0.490 e. The first kappa shape index (κ1) is 43.6. The molecule has 2 saturated carbocycles. The van der Waals surface area contributed by atoms with Gasteiger partial charge in [0.15, 0.2) is 6.19 Å². The van der Waals surface area contributed by atoms with E-state index >= 15 is 0 Å². The molecule has 2 fully saturated rings. The number of nitriles is 1. The number of ether oxygens (including phenoxy) is 4. The molecule has 0 radical (unpaired) electrons. The Morgan fingerprint density at radius 3 is 2.18 bits per heavy atom. The lowest BCUT2D eigenvalue weighted by Gasteiger charge is -2.44. The molecule has 4 aromatic carbocycles. The lowest BCUT2D eigenvalue weighted by Crippen LogP contribution is -2.49. The summed E-state index contributed by atoms with van der Waals surface area (Å²) < 4.78 is 31.7. The number of hydrogen-bond donors (Lipinski definition) is 3. The van der Waals surface area contributed by atoms with Crippen molar-refractivity contribution in [3.63, 3.8) is 0 Å². The second kappa shape index (κ2) is 18.0. The molecule has 2 aliphatic carbocycles. The number of aromatic nitrogens is 2. The number of fused-ring (bicyclic) bond motifs is 12. The van der Waals surface area contributed by atoms with Crippen molar-refractivity contribution in [2.24, 2.45) is 35.5 Å². The third-order valence-electron chi connectivity index (χ3n) is 17.0. The number of hydrogen-bond acceptors (Lipinski definition) is 10. The third-order valence-corrected chi connectivity index (χ3v) is 17.0. The summed E-state index contributed by atoms with van der Waals surface area (Å²) in [6.45, 7) is 3.58. The minimum atomic E-state index is -0.611. The van der Waals surface area contributed by atoms with Gasteiger partial charge in [-0.1, -0.05) is 54.6 Å². The maximum atomic E-state index is 14.5. The fourth-order valence-corrected chi connectivity index (χ4v) is 13.8. The predicted octanol–water partition coefficient (Wildman–Crippen LogP) is 8.24. The fourth-order valence-electron chi connectivity index (χ4n) is 13.8. The minimum absolute atomic E-state index is 0.0294. The highest BCUT2D eigenvalue weighted by Crippen LogP contribution is 2.50. The third kappa shape index (κ3) is 7.32. The zero-order chi connectivity index (χ0) is 46.0. The van der Waals surface area contributed by atoms with Gasteiger partial charge < -0.3 is 48.5 Å². The van der Waals surface area contributed by atoms with E-state index in [-0.39, 0.29) is 48.5 Å². The molecule has 12 heteroatoms. The van der Waals surface area contributed by atoms with E-state index in [4.69, 9.17) is 18.9 Å². The Morgan fingerprint density at radius 2 is 1.46 bits per heavy atom. The highest BCUT2D eigenvalue weighted by Gasteiger charge is 2.49. The normalized spacial score (nSPS) is 29.1. The van der Waals surface area contributed by atoms with E-state index in [2.05, 4.69) is 112 Å². The summed E-state index contributed by atoms with van der Waals surface area (Å²) in [6, 6.07) is 31.9. The van der Waals surface area contributed by atoms with Crippen molar-refractivity contribution in [2.45, 2.75) is 89.0 Å². The molecule has 0 amide bonds. The molecule has 4 unspecified atom stereocenters. The van der Waals surface area contributed by atoms with Crippen LogP contribution in [0, 0.1) is 47.0 Å². The SMILES string of the molecule is COC(=O)[C@@H]1C2CC3OCc4ccccc4-n4c3c(c3ccccc34)CCN(C#N)C[C@@H]2CC[C@@H]1Oc1ccc2c(c1)c1c3n2-c2ccccc2COC3CC2[C@@H](CC[C@H](O)[C@@H]2CO)CNCC1. The van der Waals surface area contributed by atoms with E-state index in [9.17, 15) is 20.3 Å². The summed E-state index contributed by atoms with van der Waals surface area (Å²) in [5, 5.41) is 38.4. The maximum absolute atomic E-state index is 14.5. The van der Waals surface area contributed by atoms with Crippen LogP contribution in [0.1, 0.15) is 84.4 Å². The maximum Gasteiger partial charge on any atom is 0.312 e. The van der Waals surface area contributed by atoms with Crippen molar-refractivity contribution in [1.82, 2.24) is 19.4 Å². The number of aliphatic hydroxyl groups is 2. The van der Waals surface area contributed by atoms with Gasteiger partial charge in [-0.15, -0.1) is 0 Å². The number of carbonyl (C=O) groups is 1. The Hall–Kier alpha value is -5.68. The summed E-state index contributed by atoms with van der Waals surface area (Å²) in [5.74, 6) is -0.196. The monoisotopic (exact) mass is 915 g/mol. The van der Waals surface area contributed by atoms with Crippen LogP contribution >= 0.6 is 0 Å². The van der Waals surface area contributed by atoms with Crippen LogP contribution in [-0.4, -0.2) is 82.3 Å². The zero-order valence-corrected chi connectivity index (χ0v) is 38.8. The lowest BCUT2D eigenvalue weighted by molar-refractivity contribution is -0.157.